The number of benzene rings is 2. The van der Waals surface area contributed by atoms with Crippen molar-refractivity contribution in [3.63, 3.8) is 0 Å². The minimum Gasteiger partial charge on any atom is -0.278 e. The summed E-state index contributed by atoms with van der Waals surface area (Å²) in [7, 11) is 0. The van der Waals surface area contributed by atoms with Crippen molar-refractivity contribution in [1.29, 1.82) is 0 Å². The predicted molar refractivity (Wildman–Crippen MR) is 102 cm³/mol. The summed E-state index contributed by atoms with van der Waals surface area (Å²) in [5.41, 5.74) is 2.28. The van der Waals surface area contributed by atoms with Gasteiger partial charge >= 0.3 is 0 Å². The van der Waals surface area contributed by atoms with E-state index in [0.29, 0.717) is 0 Å². The number of para-hydroxylation sites is 1. The molecule has 0 radical (unpaired) electrons. The van der Waals surface area contributed by atoms with Crippen molar-refractivity contribution in [3.05, 3.63) is 62.0 Å². The Bertz CT molecular complexity index is 976. The first kappa shape index (κ1) is 13.4. The van der Waals surface area contributed by atoms with Gasteiger partial charge in [0.1, 0.15) is 3.70 Å². The average Bonchev–Trinajstić information content (AvgIpc) is 2.80. The molecule has 0 bridgehead atoms. The first-order valence-corrected chi connectivity index (χ1v) is 8.57. The van der Waals surface area contributed by atoms with Crippen molar-refractivity contribution in [1.82, 2.24) is 14.5 Å². The summed E-state index contributed by atoms with van der Waals surface area (Å²) in [6.45, 7) is 0. The minimum absolute atomic E-state index is 0.718. The normalized spacial score (nSPS) is 11.3. The Kier molecular flexibility index (Phi) is 3.33. The van der Waals surface area contributed by atoms with Crippen LogP contribution in [0.4, 0.5) is 0 Å². The summed E-state index contributed by atoms with van der Waals surface area (Å²) in [6.07, 6.45) is 1.80. The Morgan fingerprint density at radius 2 is 1.67 bits per heavy atom. The van der Waals surface area contributed by atoms with Gasteiger partial charge in [-0.1, -0.05) is 24.3 Å². The van der Waals surface area contributed by atoms with Crippen molar-refractivity contribution >= 4 is 67.0 Å². The third-order valence-electron chi connectivity index (χ3n) is 3.44. The van der Waals surface area contributed by atoms with E-state index in [1.807, 2.05) is 6.07 Å². The number of hydrogen-bond donors (Lipinski definition) is 0. The minimum atomic E-state index is 0.718. The van der Waals surface area contributed by atoms with Gasteiger partial charge in [-0.2, -0.15) is 0 Å². The van der Waals surface area contributed by atoms with Crippen molar-refractivity contribution in [3.8, 4) is 5.95 Å². The van der Waals surface area contributed by atoms with Gasteiger partial charge in [-0.05, 0) is 69.4 Å². The van der Waals surface area contributed by atoms with Crippen LogP contribution >= 0.6 is 45.2 Å². The summed E-state index contributed by atoms with van der Waals surface area (Å²) in [6, 6.07) is 16.8. The molecule has 4 aromatic rings. The molecule has 0 saturated heterocycles. The maximum atomic E-state index is 4.58. The van der Waals surface area contributed by atoms with E-state index in [1.165, 1.54) is 14.3 Å². The fourth-order valence-corrected chi connectivity index (χ4v) is 3.45. The molecule has 0 amide bonds. The first-order valence-electron chi connectivity index (χ1n) is 6.42. The van der Waals surface area contributed by atoms with E-state index in [4.69, 9.17) is 0 Å². The number of fused-ring (bicyclic) bond motifs is 3. The number of rotatable bonds is 1. The largest absolute Gasteiger partial charge is 0.278 e. The predicted octanol–water partition coefficient (Wildman–Crippen LogP) is 4.78. The molecule has 21 heavy (non-hydrogen) atoms. The summed E-state index contributed by atoms with van der Waals surface area (Å²) in [4.78, 5) is 9.04. The second kappa shape index (κ2) is 5.20. The third-order valence-corrected chi connectivity index (χ3v) is 4.72. The SMILES string of the molecule is Ic1ccc2c3ccccc3n(-c3nccc(I)n3)c2c1. The highest BCUT2D eigenvalue weighted by atomic mass is 127. The molecule has 4 rings (SSSR count). The summed E-state index contributed by atoms with van der Waals surface area (Å²) in [5.74, 6) is 0.718. The zero-order chi connectivity index (χ0) is 14.4. The Morgan fingerprint density at radius 1 is 0.857 bits per heavy atom. The van der Waals surface area contributed by atoms with E-state index in [9.17, 15) is 0 Å². The van der Waals surface area contributed by atoms with Gasteiger partial charge in [-0.25, -0.2) is 9.97 Å². The van der Waals surface area contributed by atoms with Crippen LogP contribution in [-0.4, -0.2) is 14.5 Å². The Balaban J connectivity index is 2.21. The molecular formula is C16H9I2N3. The van der Waals surface area contributed by atoms with Crippen LogP contribution in [0.5, 0.6) is 0 Å². The van der Waals surface area contributed by atoms with E-state index in [0.717, 1.165) is 20.7 Å². The molecular weight excluding hydrogens is 488 g/mol. The molecule has 2 aromatic carbocycles. The highest BCUT2D eigenvalue weighted by Crippen LogP contribution is 2.31. The molecule has 0 unspecified atom stereocenters. The number of halogens is 2. The molecule has 2 aromatic heterocycles. The summed E-state index contributed by atoms with van der Waals surface area (Å²) >= 11 is 4.56. The lowest BCUT2D eigenvalue weighted by Crippen LogP contribution is -2.01. The third kappa shape index (κ3) is 2.22. The van der Waals surface area contributed by atoms with E-state index in [1.54, 1.807) is 6.20 Å². The first-order chi connectivity index (χ1) is 10.2. The Labute approximate surface area is 148 Å². The molecule has 0 atom stereocenters. The molecule has 0 aliphatic heterocycles. The molecule has 0 saturated carbocycles. The molecule has 0 fully saturated rings. The number of nitrogens with zero attached hydrogens (tertiary/aromatic N) is 3. The molecule has 0 spiro atoms. The summed E-state index contributed by atoms with van der Waals surface area (Å²) < 4.78 is 4.28. The topological polar surface area (TPSA) is 30.7 Å². The van der Waals surface area contributed by atoms with Crippen molar-refractivity contribution < 1.29 is 0 Å². The standard InChI is InChI=1S/C16H9I2N3/c17-10-5-6-12-11-3-1-2-4-13(11)21(14(12)9-10)16-19-8-7-15(18)20-16/h1-9H. The second-order valence-electron chi connectivity index (χ2n) is 4.69. The maximum Gasteiger partial charge on any atom is 0.235 e. The molecule has 3 nitrogen and oxygen atoms in total. The maximum absolute atomic E-state index is 4.58. The zero-order valence-corrected chi connectivity index (χ0v) is 15.1. The van der Waals surface area contributed by atoms with Crippen molar-refractivity contribution in [2.24, 2.45) is 0 Å². The highest BCUT2D eigenvalue weighted by molar-refractivity contribution is 14.1. The van der Waals surface area contributed by atoms with Crippen LogP contribution in [0.15, 0.2) is 54.7 Å². The van der Waals surface area contributed by atoms with E-state index >= 15 is 0 Å². The molecule has 5 heteroatoms. The quantitative estimate of drug-likeness (QED) is 0.280. The van der Waals surface area contributed by atoms with Crippen molar-refractivity contribution in [2.45, 2.75) is 0 Å². The van der Waals surface area contributed by atoms with Crippen LogP contribution in [0, 0.1) is 7.27 Å². The highest BCUT2D eigenvalue weighted by Gasteiger charge is 2.13. The lowest BCUT2D eigenvalue weighted by molar-refractivity contribution is 0.974. The molecule has 0 aliphatic carbocycles. The van der Waals surface area contributed by atoms with Crippen LogP contribution in [-0.2, 0) is 0 Å². The van der Waals surface area contributed by atoms with E-state index < -0.39 is 0 Å². The van der Waals surface area contributed by atoms with E-state index in [-0.39, 0.29) is 0 Å². The molecule has 0 aliphatic rings. The van der Waals surface area contributed by atoms with Gasteiger partial charge in [0.2, 0.25) is 5.95 Å². The monoisotopic (exact) mass is 497 g/mol. The molecule has 2 heterocycles. The fourth-order valence-electron chi connectivity index (χ4n) is 2.59. The number of aromatic nitrogens is 3. The Morgan fingerprint density at radius 3 is 2.52 bits per heavy atom. The lowest BCUT2D eigenvalue weighted by atomic mass is 10.2. The van der Waals surface area contributed by atoms with Crippen LogP contribution in [0.3, 0.4) is 0 Å². The summed E-state index contributed by atoms with van der Waals surface area (Å²) in [5, 5.41) is 2.46. The second-order valence-corrected chi connectivity index (χ2v) is 7.04. The van der Waals surface area contributed by atoms with E-state index in [2.05, 4.69) is 102 Å². The van der Waals surface area contributed by atoms with Crippen LogP contribution in [0.2, 0.25) is 0 Å². The van der Waals surface area contributed by atoms with Crippen LogP contribution in [0.25, 0.3) is 27.8 Å². The van der Waals surface area contributed by atoms with Gasteiger partial charge in [0, 0.05) is 20.5 Å². The van der Waals surface area contributed by atoms with Crippen LogP contribution in [0.1, 0.15) is 0 Å². The van der Waals surface area contributed by atoms with Gasteiger partial charge in [0.25, 0.3) is 0 Å². The van der Waals surface area contributed by atoms with Gasteiger partial charge < -0.3 is 0 Å². The molecule has 0 N–H and O–H groups in total. The average molecular weight is 497 g/mol. The van der Waals surface area contributed by atoms with Crippen LogP contribution < -0.4 is 0 Å². The van der Waals surface area contributed by atoms with Crippen molar-refractivity contribution in [2.75, 3.05) is 0 Å². The smallest absolute Gasteiger partial charge is 0.235 e. The molecule has 102 valence electrons. The number of hydrogen-bond acceptors (Lipinski definition) is 2. The Hall–Kier alpha value is -1.22. The van der Waals surface area contributed by atoms with Gasteiger partial charge in [0.05, 0.1) is 11.0 Å². The fraction of sp³-hybridized carbons (Fsp3) is 0. The van der Waals surface area contributed by atoms with Gasteiger partial charge in [-0.3, -0.25) is 4.57 Å². The zero-order valence-electron chi connectivity index (χ0n) is 10.8. The van der Waals surface area contributed by atoms with Gasteiger partial charge in [-0.15, -0.1) is 0 Å². The lowest BCUT2D eigenvalue weighted by Gasteiger charge is -2.05. The van der Waals surface area contributed by atoms with Gasteiger partial charge in [0.15, 0.2) is 0 Å².